The molecule has 3 nitrogen and oxygen atoms in total. The molecule has 0 bridgehead atoms. The third-order valence-electron chi connectivity index (χ3n) is 3.93. The summed E-state index contributed by atoms with van der Waals surface area (Å²) in [6.07, 6.45) is 4.17. The van der Waals surface area contributed by atoms with Crippen molar-refractivity contribution in [2.75, 3.05) is 0 Å². The molecule has 0 spiro atoms. The molecule has 0 saturated heterocycles. The minimum Gasteiger partial charge on any atom is -0.248 e. The van der Waals surface area contributed by atoms with Crippen LogP contribution in [-0.2, 0) is 6.54 Å². The van der Waals surface area contributed by atoms with Gasteiger partial charge in [0, 0.05) is 6.54 Å². The van der Waals surface area contributed by atoms with E-state index in [0.717, 1.165) is 25.1 Å². The van der Waals surface area contributed by atoms with Gasteiger partial charge in [-0.2, -0.15) is 0 Å². The lowest BCUT2D eigenvalue weighted by atomic mass is 9.89. The van der Waals surface area contributed by atoms with Crippen molar-refractivity contribution in [3.8, 4) is 0 Å². The number of benzene rings is 2. The predicted molar refractivity (Wildman–Crippen MR) is 88.8 cm³/mol. The first-order valence-corrected chi connectivity index (χ1v) is 7.88. The standard InChI is InChI=1S/C19H21N3/c1-2-3-14-22-18(15-20-21-22)19(16-10-6-4-7-11-16)17-12-8-5-9-13-17/h4-13,15,19H,2-3,14H2,1H3. The van der Waals surface area contributed by atoms with Crippen molar-refractivity contribution in [3.63, 3.8) is 0 Å². The van der Waals surface area contributed by atoms with E-state index in [9.17, 15) is 0 Å². The van der Waals surface area contributed by atoms with Crippen LogP contribution in [0.4, 0.5) is 0 Å². The molecule has 0 atom stereocenters. The van der Waals surface area contributed by atoms with Gasteiger partial charge in [-0.3, -0.25) is 0 Å². The second-order valence-electron chi connectivity index (χ2n) is 5.49. The average molecular weight is 291 g/mol. The lowest BCUT2D eigenvalue weighted by Gasteiger charge is -2.19. The Hall–Kier alpha value is -2.42. The molecular formula is C19H21N3. The summed E-state index contributed by atoms with van der Waals surface area (Å²) in [6.45, 7) is 3.12. The van der Waals surface area contributed by atoms with Gasteiger partial charge in [-0.1, -0.05) is 79.2 Å². The minimum absolute atomic E-state index is 0.175. The maximum absolute atomic E-state index is 4.29. The normalized spacial score (nSPS) is 11.0. The highest BCUT2D eigenvalue weighted by atomic mass is 15.4. The van der Waals surface area contributed by atoms with Crippen molar-refractivity contribution in [2.24, 2.45) is 0 Å². The zero-order valence-electron chi connectivity index (χ0n) is 12.9. The molecule has 0 saturated carbocycles. The molecule has 3 aromatic rings. The minimum atomic E-state index is 0.175. The Bertz CT molecular complexity index is 649. The second kappa shape index (κ2) is 7.03. The van der Waals surface area contributed by atoms with Crippen LogP contribution in [0, 0.1) is 0 Å². The van der Waals surface area contributed by atoms with Crippen LogP contribution in [0.2, 0.25) is 0 Å². The van der Waals surface area contributed by atoms with E-state index < -0.39 is 0 Å². The van der Waals surface area contributed by atoms with Gasteiger partial charge in [-0.05, 0) is 17.5 Å². The first kappa shape index (κ1) is 14.5. The lowest BCUT2D eigenvalue weighted by Crippen LogP contribution is -2.12. The predicted octanol–water partition coefficient (Wildman–Crippen LogP) is 4.26. The molecule has 112 valence electrons. The molecule has 0 aliphatic rings. The molecular weight excluding hydrogens is 270 g/mol. The zero-order valence-corrected chi connectivity index (χ0v) is 12.9. The molecule has 3 heteroatoms. The number of hydrogen-bond donors (Lipinski definition) is 0. The number of rotatable bonds is 6. The van der Waals surface area contributed by atoms with Gasteiger partial charge < -0.3 is 0 Å². The van der Waals surface area contributed by atoms with Crippen molar-refractivity contribution in [2.45, 2.75) is 32.2 Å². The molecule has 2 aromatic carbocycles. The maximum Gasteiger partial charge on any atom is 0.0735 e. The molecule has 0 N–H and O–H groups in total. The van der Waals surface area contributed by atoms with Gasteiger partial charge in [-0.15, -0.1) is 5.10 Å². The summed E-state index contributed by atoms with van der Waals surface area (Å²) in [6, 6.07) is 21.2. The highest BCUT2D eigenvalue weighted by Gasteiger charge is 2.20. The van der Waals surface area contributed by atoms with Crippen LogP contribution in [-0.4, -0.2) is 15.0 Å². The Kier molecular flexibility index (Phi) is 4.64. The van der Waals surface area contributed by atoms with Gasteiger partial charge in [0.15, 0.2) is 0 Å². The number of hydrogen-bond acceptors (Lipinski definition) is 2. The van der Waals surface area contributed by atoms with Crippen LogP contribution >= 0.6 is 0 Å². The molecule has 0 radical (unpaired) electrons. The summed E-state index contributed by atoms with van der Waals surface area (Å²) in [5.74, 6) is 0.175. The number of aryl methyl sites for hydroxylation is 1. The van der Waals surface area contributed by atoms with Crippen LogP contribution < -0.4 is 0 Å². The molecule has 0 aliphatic carbocycles. The average Bonchev–Trinajstić information content (AvgIpc) is 3.03. The first-order chi connectivity index (χ1) is 10.9. The largest absolute Gasteiger partial charge is 0.248 e. The summed E-state index contributed by atoms with van der Waals surface area (Å²) in [5.41, 5.74) is 3.70. The van der Waals surface area contributed by atoms with E-state index in [1.165, 1.54) is 11.1 Å². The Morgan fingerprint density at radius 2 is 1.50 bits per heavy atom. The van der Waals surface area contributed by atoms with Gasteiger partial charge in [0.2, 0.25) is 0 Å². The van der Waals surface area contributed by atoms with E-state index in [0.29, 0.717) is 0 Å². The van der Waals surface area contributed by atoms with Crippen LogP contribution in [0.25, 0.3) is 0 Å². The second-order valence-corrected chi connectivity index (χ2v) is 5.49. The molecule has 0 aliphatic heterocycles. The van der Waals surface area contributed by atoms with Crippen LogP contribution in [0.5, 0.6) is 0 Å². The van der Waals surface area contributed by atoms with Gasteiger partial charge in [-0.25, -0.2) is 4.68 Å². The molecule has 0 unspecified atom stereocenters. The lowest BCUT2D eigenvalue weighted by molar-refractivity contribution is 0.529. The fourth-order valence-electron chi connectivity index (χ4n) is 2.80. The van der Waals surface area contributed by atoms with Crippen molar-refractivity contribution < 1.29 is 0 Å². The fraction of sp³-hybridized carbons (Fsp3) is 0.263. The smallest absolute Gasteiger partial charge is 0.0735 e. The number of unbranched alkanes of at least 4 members (excludes halogenated alkanes) is 1. The van der Waals surface area contributed by atoms with Crippen LogP contribution in [0.1, 0.15) is 42.5 Å². The molecule has 0 fully saturated rings. The van der Waals surface area contributed by atoms with E-state index in [-0.39, 0.29) is 5.92 Å². The van der Waals surface area contributed by atoms with Gasteiger partial charge in [0.25, 0.3) is 0 Å². The van der Waals surface area contributed by atoms with E-state index in [4.69, 9.17) is 0 Å². The van der Waals surface area contributed by atoms with Crippen molar-refractivity contribution in [1.82, 2.24) is 15.0 Å². The van der Waals surface area contributed by atoms with Gasteiger partial charge in [0.1, 0.15) is 0 Å². The fourth-order valence-corrected chi connectivity index (χ4v) is 2.80. The van der Waals surface area contributed by atoms with Crippen LogP contribution in [0.3, 0.4) is 0 Å². The van der Waals surface area contributed by atoms with Crippen molar-refractivity contribution >= 4 is 0 Å². The van der Waals surface area contributed by atoms with Crippen molar-refractivity contribution in [3.05, 3.63) is 83.7 Å². The van der Waals surface area contributed by atoms with E-state index in [1.54, 1.807) is 0 Å². The maximum atomic E-state index is 4.29. The molecule has 0 amide bonds. The number of aromatic nitrogens is 3. The molecule has 1 aromatic heterocycles. The Morgan fingerprint density at radius 1 is 0.909 bits per heavy atom. The summed E-state index contributed by atoms with van der Waals surface area (Å²) in [7, 11) is 0. The molecule has 1 heterocycles. The van der Waals surface area contributed by atoms with E-state index >= 15 is 0 Å². The first-order valence-electron chi connectivity index (χ1n) is 7.88. The quantitative estimate of drug-likeness (QED) is 0.679. The highest BCUT2D eigenvalue weighted by molar-refractivity contribution is 5.39. The summed E-state index contributed by atoms with van der Waals surface area (Å²) >= 11 is 0. The Morgan fingerprint density at radius 3 is 2.05 bits per heavy atom. The summed E-state index contributed by atoms with van der Waals surface area (Å²) in [4.78, 5) is 0. The van der Waals surface area contributed by atoms with Gasteiger partial charge in [0.05, 0.1) is 17.8 Å². The molecule has 3 rings (SSSR count). The summed E-state index contributed by atoms with van der Waals surface area (Å²) in [5, 5.41) is 8.45. The topological polar surface area (TPSA) is 30.7 Å². The third kappa shape index (κ3) is 3.08. The molecule has 22 heavy (non-hydrogen) atoms. The van der Waals surface area contributed by atoms with Crippen LogP contribution in [0.15, 0.2) is 66.9 Å². The summed E-state index contributed by atoms with van der Waals surface area (Å²) < 4.78 is 2.05. The van der Waals surface area contributed by atoms with Crippen molar-refractivity contribution in [1.29, 1.82) is 0 Å². The van der Waals surface area contributed by atoms with E-state index in [1.807, 2.05) is 10.9 Å². The Balaban J connectivity index is 2.05. The Labute approximate surface area is 131 Å². The zero-order chi connectivity index (χ0) is 15.2. The highest BCUT2D eigenvalue weighted by Crippen LogP contribution is 2.31. The third-order valence-corrected chi connectivity index (χ3v) is 3.93. The SMILES string of the molecule is CCCCn1nncc1C(c1ccccc1)c1ccccc1. The number of nitrogens with zero attached hydrogens (tertiary/aromatic N) is 3. The van der Waals surface area contributed by atoms with E-state index in [2.05, 4.69) is 77.9 Å². The monoisotopic (exact) mass is 291 g/mol. The van der Waals surface area contributed by atoms with Gasteiger partial charge >= 0.3 is 0 Å².